The van der Waals surface area contributed by atoms with Gasteiger partial charge in [0.1, 0.15) is 5.75 Å². The maximum absolute atomic E-state index is 11.5. The quantitative estimate of drug-likeness (QED) is 0.762. The number of ether oxygens (including phenoxy) is 1. The van der Waals surface area contributed by atoms with Gasteiger partial charge in [-0.1, -0.05) is 18.2 Å². The number of hydrogen-bond donors (Lipinski definition) is 0. The van der Waals surface area contributed by atoms with Gasteiger partial charge in [-0.15, -0.1) is 0 Å². The Morgan fingerprint density at radius 1 is 1.07 bits per heavy atom. The SMILES string of the molecule is O=C(COc1ccccc1)n1cccc1. The summed E-state index contributed by atoms with van der Waals surface area (Å²) in [5, 5.41) is 0. The smallest absolute Gasteiger partial charge is 0.268 e. The molecule has 0 spiro atoms. The van der Waals surface area contributed by atoms with E-state index in [0.29, 0.717) is 5.75 Å². The van der Waals surface area contributed by atoms with Crippen LogP contribution in [0.25, 0.3) is 0 Å². The lowest BCUT2D eigenvalue weighted by molar-refractivity contribution is 0.0838. The van der Waals surface area contributed by atoms with Gasteiger partial charge in [0.15, 0.2) is 6.61 Å². The van der Waals surface area contributed by atoms with Crippen LogP contribution in [0.3, 0.4) is 0 Å². The first kappa shape index (κ1) is 9.52. The summed E-state index contributed by atoms with van der Waals surface area (Å²) in [6.07, 6.45) is 3.41. The summed E-state index contributed by atoms with van der Waals surface area (Å²) in [4.78, 5) is 11.5. The molecule has 0 atom stereocenters. The molecule has 0 saturated carbocycles. The van der Waals surface area contributed by atoms with Gasteiger partial charge in [0.25, 0.3) is 5.91 Å². The first-order valence-corrected chi connectivity index (χ1v) is 4.70. The molecule has 0 bridgehead atoms. The second kappa shape index (κ2) is 4.46. The molecule has 76 valence electrons. The second-order valence-electron chi connectivity index (χ2n) is 3.09. The Morgan fingerprint density at radius 3 is 2.40 bits per heavy atom. The lowest BCUT2D eigenvalue weighted by Gasteiger charge is -2.05. The van der Waals surface area contributed by atoms with Crippen LogP contribution in [0.4, 0.5) is 0 Å². The average Bonchev–Trinajstić information content (AvgIpc) is 2.81. The number of aromatic nitrogens is 1. The molecular weight excluding hydrogens is 190 g/mol. The Morgan fingerprint density at radius 2 is 1.73 bits per heavy atom. The van der Waals surface area contributed by atoms with Crippen LogP contribution in [0.2, 0.25) is 0 Å². The van der Waals surface area contributed by atoms with Crippen molar-refractivity contribution < 1.29 is 9.53 Å². The van der Waals surface area contributed by atoms with Crippen LogP contribution in [0, 0.1) is 0 Å². The van der Waals surface area contributed by atoms with Crippen molar-refractivity contribution in [2.75, 3.05) is 6.61 Å². The molecule has 1 aromatic heterocycles. The van der Waals surface area contributed by atoms with E-state index in [0.717, 1.165) is 0 Å². The molecule has 3 heteroatoms. The lowest BCUT2D eigenvalue weighted by Crippen LogP contribution is -2.17. The number of para-hydroxylation sites is 1. The Hall–Kier alpha value is -2.03. The van der Waals surface area contributed by atoms with Crippen LogP contribution >= 0.6 is 0 Å². The molecule has 0 unspecified atom stereocenters. The van der Waals surface area contributed by atoms with Crippen molar-refractivity contribution in [2.24, 2.45) is 0 Å². The van der Waals surface area contributed by atoms with Gasteiger partial charge in [-0.3, -0.25) is 9.36 Å². The largest absolute Gasteiger partial charge is 0.484 e. The molecule has 0 aliphatic carbocycles. The molecule has 1 aromatic carbocycles. The average molecular weight is 201 g/mol. The summed E-state index contributed by atoms with van der Waals surface area (Å²) in [5.41, 5.74) is 0. The summed E-state index contributed by atoms with van der Waals surface area (Å²) in [6.45, 7) is 0.0543. The highest BCUT2D eigenvalue weighted by Crippen LogP contribution is 2.08. The molecule has 0 saturated heterocycles. The number of carbonyl (C=O) groups is 1. The van der Waals surface area contributed by atoms with Crippen LogP contribution in [0.15, 0.2) is 54.9 Å². The minimum absolute atomic E-state index is 0.0543. The lowest BCUT2D eigenvalue weighted by atomic mass is 10.3. The Bertz CT molecular complexity index is 420. The van der Waals surface area contributed by atoms with E-state index >= 15 is 0 Å². The molecule has 1 heterocycles. The van der Waals surface area contributed by atoms with E-state index in [4.69, 9.17) is 4.74 Å². The predicted molar refractivity (Wildman–Crippen MR) is 57.0 cm³/mol. The van der Waals surface area contributed by atoms with Crippen LogP contribution in [0.5, 0.6) is 5.75 Å². The van der Waals surface area contributed by atoms with Crippen molar-refractivity contribution in [2.45, 2.75) is 0 Å². The maximum Gasteiger partial charge on any atom is 0.268 e. The monoisotopic (exact) mass is 201 g/mol. The van der Waals surface area contributed by atoms with Gasteiger partial charge < -0.3 is 4.74 Å². The molecule has 2 aromatic rings. The van der Waals surface area contributed by atoms with Crippen molar-refractivity contribution in [1.82, 2.24) is 4.57 Å². The van der Waals surface area contributed by atoms with Gasteiger partial charge in [0, 0.05) is 12.4 Å². The third kappa shape index (κ3) is 2.47. The van der Waals surface area contributed by atoms with Crippen molar-refractivity contribution >= 4 is 5.91 Å². The highest BCUT2D eigenvalue weighted by Gasteiger charge is 2.03. The highest BCUT2D eigenvalue weighted by molar-refractivity contribution is 5.80. The topological polar surface area (TPSA) is 31.2 Å². The van der Waals surface area contributed by atoms with Gasteiger partial charge in [0.2, 0.25) is 0 Å². The summed E-state index contributed by atoms with van der Waals surface area (Å²) in [5.74, 6) is 0.627. The fourth-order valence-corrected chi connectivity index (χ4v) is 1.24. The molecule has 0 radical (unpaired) electrons. The normalized spacial score (nSPS) is 9.87. The van der Waals surface area contributed by atoms with E-state index in [-0.39, 0.29) is 12.5 Å². The molecule has 3 nitrogen and oxygen atoms in total. The first-order chi connectivity index (χ1) is 7.36. The number of rotatable bonds is 3. The van der Waals surface area contributed by atoms with E-state index in [1.54, 1.807) is 24.5 Å². The zero-order valence-corrected chi connectivity index (χ0v) is 8.17. The van der Waals surface area contributed by atoms with Gasteiger partial charge in [-0.25, -0.2) is 0 Å². The van der Waals surface area contributed by atoms with Crippen LogP contribution in [-0.2, 0) is 0 Å². The standard InChI is InChI=1S/C12H11NO2/c14-12(13-8-4-5-9-13)10-15-11-6-2-1-3-7-11/h1-9H,10H2. The van der Waals surface area contributed by atoms with Gasteiger partial charge >= 0.3 is 0 Å². The second-order valence-corrected chi connectivity index (χ2v) is 3.09. The molecular formula is C12H11NO2. The molecule has 0 fully saturated rings. The van der Waals surface area contributed by atoms with Crippen molar-refractivity contribution in [3.63, 3.8) is 0 Å². The molecule has 0 N–H and O–H groups in total. The molecule has 0 aliphatic heterocycles. The zero-order chi connectivity index (χ0) is 10.5. The number of benzene rings is 1. The summed E-state index contributed by atoms with van der Waals surface area (Å²) >= 11 is 0. The van der Waals surface area contributed by atoms with Crippen molar-refractivity contribution in [3.05, 3.63) is 54.9 Å². The molecule has 15 heavy (non-hydrogen) atoms. The summed E-state index contributed by atoms with van der Waals surface area (Å²) < 4.78 is 6.82. The van der Waals surface area contributed by atoms with Gasteiger partial charge in [0.05, 0.1) is 0 Å². The predicted octanol–water partition coefficient (Wildman–Crippen LogP) is 2.21. The Kier molecular flexibility index (Phi) is 2.83. The Balaban J connectivity index is 1.92. The van der Waals surface area contributed by atoms with Crippen molar-refractivity contribution in [1.29, 1.82) is 0 Å². The number of nitrogens with zero attached hydrogens (tertiary/aromatic N) is 1. The number of carbonyl (C=O) groups excluding carboxylic acids is 1. The molecule has 0 aliphatic rings. The van der Waals surface area contributed by atoms with E-state index in [1.807, 2.05) is 30.3 Å². The third-order valence-electron chi connectivity index (χ3n) is 2.00. The van der Waals surface area contributed by atoms with Crippen LogP contribution < -0.4 is 4.74 Å². The van der Waals surface area contributed by atoms with E-state index in [1.165, 1.54) is 4.57 Å². The van der Waals surface area contributed by atoms with E-state index in [9.17, 15) is 4.79 Å². The van der Waals surface area contributed by atoms with Crippen LogP contribution in [-0.4, -0.2) is 17.1 Å². The first-order valence-electron chi connectivity index (χ1n) is 4.70. The maximum atomic E-state index is 11.5. The van der Waals surface area contributed by atoms with E-state index in [2.05, 4.69) is 0 Å². The third-order valence-corrected chi connectivity index (χ3v) is 2.00. The fourth-order valence-electron chi connectivity index (χ4n) is 1.24. The molecule has 2 rings (SSSR count). The minimum Gasteiger partial charge on any atom is -0.484 e. The summed E-state index contributed by atoms with van der Waals surface area (Å²) in [6, 6.07) is 12.9. The Labute approximate surface area is 87.9 Å². The highest BCUT2D eigenvalue weighted by atomic mass is 16.5. The minimum atomic E-state index is -0.0798. The zero-order valence-electron chi connectivity index (χ0n) is 8.17. The van der Waals surface area contributed by atoms with Gasteiger partial charge in [-0.05, 0) is 24.3 Å². The number of hydrogen-bond acceptors (Lipinski definition) is 2. The summed E-state index contributed by atoms with van der Waals surface area (Å²) in [7, 11) is 0. The fraction of sp³-hybridized carbons (Fsp3) is 0.0833. The van der Waals surface area contributed by atoms with E-state index < -0.39 is 0 Å². The van der Waals surface area contributed by atoms with Crippen molar-refractivity contribution in [3.8, 4) is 5.75 Å². The molecule has 0 amide bonds. The van der Waals surface area contributed by atoms with Gasteiger partial charge in [-0.2, -0.15) is 0 Å². The van der Waals surface area contributed by atoms with Crippen LogP contribution in [0.1, 0.15) is 4.79 Å².